The van der Waals surface area contributed by atoms with Crippen molar-refractivity contribution in [2.45, 2.75) is 20.6 Å². The Bertz CT molecular complexity index is 1560. The summed E-state index contributed by atoms with van der Waals surface area (Å²) >= 11 is 0. The highest BCUT2D eigenvalue weighted by Crippen LogP contribution is 2.37. The fourth-order valence-electron chi connectivity index (χ4n) is 3.85. The van der Waals surface area contributed by atoms with Gasteiger partial charge in [-0.3, -0.25) is 0 Å². The Kier molecular flexibility index (Phi) is 2.29. The van der Waals surface area contributed by atoms with E-state index in [0.717, 1.165) is 38.3 Å². The van der Waals surface area contributed by atoms with Crippen molar-refractivity contribution in [2.75, 3.05) is 0 Å². The molecule has 0 amide bonds. The zero-order chi connectivity index (χ0) is 23.7. The predicted molar refractivity (Wildman–Crippen MR) is 112 cm³/mol. The van der Waals surface area contributed by atoms with E-state index < -0.39 is 13.7 Å². The summed E-state index contributed by atoms with van der Waals surface area (Å²) in [5, 5.41) is 4.12. The molecule has 2 heteroatoms. The first-order chi connectivity index (χ1) is 15.4. The molecule has 0 aliphatic heterocycles. The third-order valence-electron chi connectivity index (χ3n) is 5.26. The van der Waals surface area contributed by atoms with Gasteiger partial charge in [0.25, 0.3) is 0 Å². The van der Waals surface area contributed by atoms with Gasteiger partial charge < -0.3 is 4.42 Å². The van der Waals surface area contributed by atoms with Crippen LogP contribution in [0.5, 0.6) is 0 Å². The van der Waals surface area contributed by atoms with Crippen LogP contribution in [0, 0.1) is 20.6 Å². The maximum absolute atomic E-state index is 7.91. The molecule has 0 atom stereocenters. The Morgan fingerprint density at radius 2 is 1.70 bits per heavy atom. The van der Waals surface area contributed by atoms with Crippen LogP contribution < -0.4 is 4.57 Å². The summed E-state index contributed by atoms with van der Waals surface area (Å²) in [5.74, 6) is 0. The first-order valence-corrected chi connectivity index (χ1v) is 8.85. The molecule has 0 aliphatic carbocycles. The van der Waals surface area contributed by atoms with Gasteiger partial charge in [0.1, 0.15) is 18.2 Å². The maximum atomic E-state index is 7.91. The molecule has 0 radical (unpaired) electrons. The van der Waals surface area contributed by atoms with Gasteiger partial charge in [-0.2, -0.15) is 0 Å². The lowest BCUT2D eigenvalue weighted by Crippen LogP contribution is -2.31. The lowest BCUT2D eigenvalue weighted by molar-refractivity contribution is -0.660. The van der Waals surface area contributed by atoms with Crippen LogP contribution in [-0.4, -0.2) is 0 Å². The number of benzene rings is 3. The van der Waals surface area contributed by atoms with Gasteiger partial charge >= 0.3 is 0 Å². The monoisotopic (exact) mass is 358 g/mol. The van der Waals surface area contributed by atoms with Crippen molar-refractivity contribution in [3.05, 3.63) is 77.5 Å². The molecule has 0 fully saturated rings. The second kappa shape index (κ2) is 5.68. The molecule has 3 aromatic carbocycles. The Balaban J connectivity index is 1.79. The van der Waals surface area contributed by atoms with Gasteiger partial charge in [0.2, 0.25) is 5.69 Å². The molecular weight excluding hydrogens is 330 g/mol. The number of hydrogen-bond acceptors (Lipinski definition) is 1. The van der Waals surface area contributed by atoms with Gasteiger partial charge in [-0.05, 0) is 55.3 Å². The van der Waals surface area contributed by atoms with E-state index in [2.05, 4.69) is 12.1 Å². The molecule has 2 heterocycles. The minimum Gasteiger partial charge on any atom is -0.455 e. The van der Waals surface area contributed by atoms with E-state index in [4.69, 9.17) is 12.6 Å². The summed E-state index contributed by atoms with van der Waals surface area (Å²) in [4.78, 5) is 0. The molecule has 2 aromatic heterocycles. The van der Waals surface area contributed by atoms with Crippen LogP contribution in [0.1, 0.15) is 24.9 Å². The molecule has 0 spiro atoms. The first-order valence-electron chi connectivity index (χ1n) is 11.8. The van der Waals surface area contributed by atoms with E-state index in [-0.39, 0.29) is 11.1 Å². The quantitative estimate of drug-likeness (QED) is 0.328. The fourth-order valence-corrected chi connectivity index (χ4v) is 3.85. The fraction of sp³-hybridized carbons (Fsp3) is 0.160. The zero-order valence-electron chi connectivity index (χ0n) is 21.1. The van der Waals surface area contributed by atoms with E-state index in [1.807, 2.05) is 43.3 Å². The normalized spacial score (nSPS) is 15.9. The first kappa shape index (κ1) is 10.9. The summed E-state index contributed by atoms with van der Waals surface area (Å²) in [6.07, 6.45) is 1.40. The summed E-state index contributed by atoms with van der Waals surface area (Å²) < 4.78 is 55.1. The molecule has 0 N–H and O–H groups in total. The topological polar surface area (TPSA) is 17.0 Å². The molecular formula is C25H22NO+. The lowest BCUT2D eigenvalue weighted by atomic mass is 9.99. The second-order valence-electron chi connectivity index (χ2n) is 7.03. The molecule has 27 heavy (non-hydrogen) atoms. The van der Waals surface area contributed by atoms with Gasteiger partial charge in [-0.1, -0.05) is 30.3 Å². The third kappa shape index (κ3) is 2.37. The summed E-state index contributed by atoms with van der Waals surface area (Å²) in [5.41, 5.74) is 3.51. The number of rotatable bonds is 1. The van der Waals surface area contributed by atoms with E-state index in [1.165, 1.54) is 12.3 Å². The van der Waals surface area contributed by atoms with Crippen LogP contribution in [0.2, 0.25) is 0 Å². The van der Waals surface area contributed by atoms with Crippen molar-refractivity contribution in [1.82, 2.24) is 0 Å². The Labute approximate surface area is 167 Å². The van der Waals surface area contributed by atoms with E-state index in [0.29, 0.717) is 11.3 Å². The van der Waals surface area contributed by atoms with Crippen molar-refractivity contribution >= 4 is 32.7 Å². The minimum atomic E-state index is -2.55. The molecule has 0 saturated carbocycles. The third-order valence-corrected chi connectivity index (χ3v) is 5.26. The molecule has 5 aromatic rings. The largest absolute Gasteiger partial charge is 0.455 e. The summed E-state index contributed by atoms with van der Waals surface area (Å²) in [7, 11) is 1.73. The highest BCUT2D eigenvalue weighted by atomic mass is 16.3. The van der Waals surface area contributed by atoms with Crippen molar-refractivity contribution < 1.29 is 17.2 Å². The van der Waals surface area contributed by atoms with Gasteiger partial charge in [-0.15, -0.1) is 0 Å². The number of nitrogens with zero attached hydrogens (tertiary/aromatic N) is 1. The standard InChI is InChI=1S/C25H22NO/c1-15-12-23(26(4)14-17(15)3)21-13-24-22(11-16(21)2)20-10-9-18-7-5-6-8-19(18)25(20)27-24/h5-14H,1-4H3/q+1/i1D3,3D3. The second-order valence-corrected chi connectivity index (χ2v) is 7.03. The van der Waals surface area contributed by atoms with E-state index in [9.17, 15) is 0 Å². The van der Waals surface area contributed by atoms with Crippen LogP contribution in [0.4, 0.5) is 0 Å². The molecule has 2 nitrogen and oxygen atoms in total. The highest BCUT2D eigenvalue weighted by molar-refractivity contribution is 6.15. The van der Waals surface area contributed by atoms with Gasteiger partial charge in [0.15, 0.2) is 6.20 Å². The SMILES string of the molecule is [2H]C([2H])([2H])c1cc(-c2cc3oc4c5ccccc5ccc4c3cc2C)[n+](C)cc1C([2H])([2H])[2H]. The highest BCUT2D eigenvalue weighted by Gasteiger charge is 2.18. The van der Waals surface area contributed by atoms with Crippen molar-refractivity contribution in [3.63, 3.8) is 0 Å². The van der Waals surface area contributed by atoms with E-state index in [1.54, 1.807) is 11.6 Å². The summed E-state index contributed by atoms with van der Waals surface area (Å²) in [6.45, 7) is -3.12. The number of furan rings is 1. The van der Waals surface area contributed by atoms with Crippen molar-refractivity contribution in [1.29, 1.82) is 0 Å². The predicted octanol–water partition coefficient (Wildman–Crippen LogP) is 6.16. The minimum absolute atomic E-state index is 0.161. The number of pyridine rings is 1. The van der Waals surface area contributed by atoms with Crippen LogP contribution in [0.25, 0.3) is 44.0 Å². The van der Waals surface area contributed by atoms with Crippen molar-refractivity contribution in [2.24, 2.45) is 7.05 Å². The van der Waals surface area contributed by atoms with Gasteiger partial charge in [0.05, 0.1) is 5.56 Å². The zero-order valence-corrected chi connectivity index (χ0v) is 15.1. The van der Waals surface area contributed by atoms with Crippen LogP contribution in [0.3, 0.4) is 0 Å². The number of aryl methyl sites for hydroxylation is 4. The average Bonchev–Trinajstić information content (AvgIpc) is 3.09. The molecule has 132 valence electrons. The van der Waals surface area contributed by atoms with Crippen LogP contribution in [-0.2, 0) is 7.05 Å². The Morgan fingerprint density at radius 3 is 2.56 bits per heavy atom. The Hall–Kier alpha value is -3.13. The lowest BCUT2D eigenvalue weighted by Gasteiger charge is -2.07. The molecule has 0 aliphatic rings. The molecule has 5 rings (SSSR count). The molecule has 0 unspecified atom stereocenters. The Morgan fingerprint density at radius 1 is 0.852 bits per heavy atom. The van der Waals surface area contributed by atoms with Crippen LogP contribution in [0.15, 0.2) is 65.2 Å². The average molecular weight is 358 g/mol. The van der Waals surface area contributed by atoms with E-state index >= 15 is 0 Å². The molecule has 0 saturated heterocycles. The maximum Gasteiger partial charge on any atom is 0.212 e. The number of aromatic nitrogens is 1. The summed E-state index contributed by atoms with van der Waals surface area (Å²) in [6, 6.07) is 17.6. The number of hydrogen-bond donors (Lipinski definition) is 0. The van der Waals surface area contributed by atoms with Crippen LogP contribution >= 0.6 is 0 Å². The van der Waals surface area contributed by atoms with Gasteiger partial charge in [0, 0.05) is 36.0 Å². The van der Waals surface area contributed by atoms with Gasteiger partial charge in [-0.25, -0.2) is 4.57 Å². The smallest absolute Gasteiger partial charge is 0.212 e. The number of fused-ring (bicyclic) bond motifs is 5. The van der Waals surface area contributed by atoms with Crippen molar-refractivity contribution in [3.8, 4) is 11.3 Å². The molecule has 0 bridgehead atoms.